The van der Waals surface area contributed by atoms with Gasteiger partial charge in [0.25, 0.3) is 5.91 Å². The molecule has 6 N–H and O–H groups in total. The second-order valence-corrected chi connectivity index (χ2v) is 17.9. The molecule has 1 saturated heterocycles. The third-order valence-corrected chi connectivity index (χ3v) is 13.5. The molecule has 1 amide bonds. The van der Waals surface area contributed by atoms with E-state index in [0.717, 1.165) is 52.7 Å². The van der Waals surface area contributed by atoms with Crippen molar-refractivity contribution in [3.63, 3.8) is 0 Å². The van der Waals surface area contributed by atoms with Crippen LogP contribution in [0.2, 0.25) is 0 Å². The van der Waals surface area contributed by atoms with E-state index in [1.165, 1.54) is 40.4 Å². The number of benzene rings is 4. The lowest BCUT2D eigenvalue weighted by Gasteiger charge is -2.33. The van der Waals surface area contributed by atoms with Crippen molar-refractivity contribution in [2.75, 3.05) is 26.2 Å². The van der Waals surface area contributed by atoms with Crippen molar-refractivity contribution in [1.82, 2.24) is 20.5 Å². The Hall–Kier alpha value is -5.93. The van der Waals surface area contributed by atoms with Gasteiger partial charge in [-0.25, -0.2) is 4.79 Å². The van der Waals surface area contributed by atoms with Crippen LogP contribution in [0.1, 0.15) is 60.6 Å². The third kappa shape index (κ3) is 9.89. The number of nitrogens with one attached hydrogen (secondary N) is 3. The van der Waals surface area contributed by atoms with Crippen LogP contribution in [0.15, 0.2) is 138 Å². The Labute approximate surface area is 367 Å². The van der Waals surface area contributed by atoms with E-state index < -0.39 is 17.7 Å². The average Bonchev–Trinajstić information content (AvgIpc) is 3.99. The number of aliphatic hydroxyl groups is 2. The minimum atomic E-state index is -2.02. The number of piperidine rings is 1. The smallest absolute Gasteiger partial charge is 0.347 e. The van der Waals surface area contributed by atoms with Crippen molar-refractivity contribution >= 4 is 45.5 Å². The van der Waals surface area contributed by atoms with Gasteiger partial charge in [0.05, 0.1) is 29.6 Å². The highest BCUT2D eigenvalue weighted by atomic mass is 32.1. The van der Waals surface area contributed by atoms with Crippen LogP contribution >= 0.6 is 22.7 Å². The van der Waals surface area contributed by atoms with Gasteiger partial charge >= 0.3 is 5.97 Å². The van der Waals surface area contributed by atoms with E-state index in [1.54, 1.807) is 48.5 Å². The third-order valence-electron chi connectivity index (χ3n) is 11.3. The number of rotatable bonds is 16. The SMILES string of the molecule is O=C(NCc1ccc(-c2cccc([C@](O)(C(=O)OCC3CCN(Cc4ccccc4)CC3)c3ccccc3)c2)s1)c1ccc(CNC[C@H](O)c2ccc(O)c3[nH]c(=O)ccc23)s1. The second kappa shape index (κ2) is 19.4. The number of phenols is 1. The van der Waals surface area contributed by atoms with Crippen molar-refractivity contribution < 1.29 is 29.6 Å². The molecule has 0 spiro atoms. The zero-order valence-corrected chi connectivity index (χ0v) is 35.6. The fourth-order valence-corrected chi connectivity index (χ4v) is 9.74. The van der Waals surface area contributed by atoms with Gasteiger partial charge < -0.3 is 35.7 Å². The molecule has 4 aromatic carbocycles. The topological polar surface area (TPSA) is 164 Å². The molecule has 62 heavy (non-hydrogen) atoms. The second-order valence-electron chi connectivity index (χ2n) is 15.6. The highest BCUT2D eigenvalue weighted by Crippen LogP contribution is 2.36. The number of aliphatic hydroxyl groups excluding tert-OH is 1. The van der Waals surface area contributed by atoms with Gasteiger partial charge in [0.1, 0.15) is 5.75 Å². The molecule has 1 aliphatic rings. The van der Waals surface area contributed by atoms with Crippen molar-refractivity contribution in [3.05, 3.63) is 181 Å². The summed E-state index contributed by atoms with van der Waals surface area (Å²) in [6.45, 7) is 3.95. The summed E-state index contributed by atoms with van der Waals surface area (Å²) < 4.78 is 5.94. The number of hydrogen-bond acceptors (Lipinski definition) is 11. The number of carbonyl (C=O) groups excluding carboxylic acids is 2. The Balaban J connectivity index is 0.855. The van der Waals surface area contributed by atoms with Crippen molar-refractivity contribution in [1.29, 1.82) is 0 Å². The summed E-state index contributed by atoms with van der Waals surface area (Å²) in [5.41, 5.74) is 1.45. The first-order valence-electron chi connectivity index (χ1n) is 20.7. The normalized spacial score (nSPS) is 14.9. The number of aromatic nitrogens is 1. The van der Waals surface area contributed by atoms with Gasteiger partial charge in [-0.05, 0) is 96.6 Å². The molecule has 0 aliphatic carbocycles. The summed E-state index contributed by atoms with van der Waals surface area (Å²) in [7, 11) is 0. The first-order valence-corrected chi connectivity index (χ1v) is 22.3. The number of fused-ring (bicyclic) bond motifs is 1. The van der Waals surface area contributed by atoms with E-state index in [9.17, 15) is 29.7 Å². The Morgan fingerprint density at radius 2 is 1.55 bits per heavy atom. The molecule has 1 fully saturated rings. The van der Waals surface area contributed by atoms with Crippen LogP contribution in [0.4, 0.5) is 0 Å². The van der Waals surface area contributed by atoms with E-state index in [1.807, 2.05) is 48.5 Å². The van der Waals surface area contributed by atoms with E-state index >= 15 is 0 Å². The highest BCUT2D eigenvalue weighted by Gasteiger charge is 2.42. The largest absolute Gasteiger partial charge is 0.506 e. The number of carbonyl (C=O) groups is 2. The fourth-order valence-electron chi connectivity index (χ4n) is 7.90. The number of nitrogens with zero attached hydrogens (tertiary/aromatic N) is 1. The molecule has 0 saturated carbocycles. The molecule has 2 atom stereocenters. The maximum Gasteiger partial charge on any atom is 0.347 e. The fraction of sp³-hybridized carbons (Fsp3) is 0.245. The molecule has 3 aromatic heterocycles. The average molecular weight is 869 g/mol. The van der Waals surface area contributed by atoms with Gasteiger partial charge in [0.2, 0.25) is 11.2 Å². The highest BCUT2D eigenvalue weighted by molar-refractivity contribution is 7.15. The number of ether oxygens (including phenoxy) is 1. The van der Waals surface area contributed by atoms with Gasteiger partial charge in [-0.3, -0.25) is 14.5 Å². The van der Waals surface area contributed by atoms with Gasteiger partial charge in [-0.2, -0.15) is 0 Å². The first kappa shape index (κ1) is 42.7. The van der Waals surface area contributed by atoms with Crippen LogP contribution in [-0.4, -0.2) is 63.3 Å². The maximum atomic E-state index is 14.0. The first-order chi connectivity index (χ1) is 30.1. The zero-order valence-electron chi connectivity index (χ0n) is 34.0. The summed E-state index contributed by atoms with van der Waals surface area (Å²) in [4.78, 5) is 47.3. The van der Waals surface area contributed by atoms with Gasteiger partial charge in [0, 0.05) is 51.3 Å². The number of hydrogen-bond donors (Lipinski definition) is 6. The van der Waals surface area contributed by atoms with Crippen LogP contribution in [0.5, 0.6) is 5.75 Å². The number of phenolic OH excluding ortho intramolecular Hbond substituents is 1. The van der Waals surface area contributed by atoms with Crippen molar-refractivity contribution in [2.45, 2.75) is 44.2 Å². The van der Waals surface area contributed by atoms with E-state index in [-0.39, 0.29) is 41.8 Å². The number of esters is 1. The predicted molar refractivity (Wildman–Crippen MR) is 243 cm³/mol. The number of H-pyrrole nitrogens is 1. The van der Waals surface area contributed by atoms with Gasteiger partial charge in [0.15, 0.2) is 0 Å². The summed E-state index contributed by atoms with van der Waals surface area (Å²) in [6, 6.07) is 40.3. The molecule has 0 radical (unpaired) electrons. The van der Waals surface area contributed by atoms with Gasteiger partial charge in [-0.15, -0.1) is 22.7 Å². The minimum Gasteiger partial charge on any atom is -0.506 e. The van der Waals surface area contributed by atoms with E-state index in [2.05, 4.69) is 44.8 Å². The van der Waals surface area contributed by atoms with E-state index in [4.69, 9.17) is 4.74 Å². The molecular weight excluding hydrogens is 821 g/mol. The number of pyridine rings is 1. The molecule has 318 valence electrons. The molecule has 11 nitrogen and oxygen atoms in total. The molecule has 8 rings (SSSR count). The molecule has 7 aromatic rings. The standard InChI is InChI=1S/C49H48N4O7S2/c54-41-18-16-39(40-17-21-45(56)52-46(40)41)42(55)29-50-27-37-15-20-44(62-37)47(57)51-28-38-14-19-43(61-38)34-10-7-13-36(26-34)49(59,35-11-5-2-6-12-35)48(58)60-31-33-22-24-53(25-23-33)30-32-8-3-1-4-9-32/h1-21,26,33,42,50,54-55,59H,22-25,27-31H2,(H,51,57)(H,52,56)/t42-,49-/m0/s1. The number of amides is 1. The predicted octanol–water partition coefficient (Wildman–Crippen LogP) is 7.47. The monoisotopic (exact) mass is 868 g/mol. The van der Waals surface area contributed by atoms with Crippen molar-refractivity contribution in [2.24, 2.45) is 5.92 Å². The number of aromatic hydroxyl groups is 1. The van der Waals surface area contributed by atoms with E-state index in [0.29, 0.717) is 40.0 Å². The van der Waals surface area contributed by atoms with Crippen LogP contribution in [0.3, 0.4) is 0 Å². The Morgan fingerprint density at radius 1 is 0.823 bits per heavy atom. The summed E-state index contributed by atoms with van der Waals surface area (Å²) in [6.07, 6.45) is 0.922. The maximum absolute atomic E-state index is 14.0. The number of aromatic amines is 1. The summed E-state index contributed by atoms with van der Waals surface area (Å²) >= 11 is 2.88. The lowest BCUT2D eigenvalue weighted by Crippen LogP contribution is -2.40. The molecule has 4 heterocycles. The molecule has 1 aliphatic heterocycles. The van der Waals surface area contributed by atoms with Crippen LogP contribution < -0.4 is 16.2 Å². The zero-order chi connectivity index (χ0) is 43.1. The molecule has 13 heteroatoms. The Kier molecular flexibility index (Phi) is 13.4. The van der Waals surface area contributed by atoms with Crippen molar-refractivity contribution in [3.8, 4) is 16.2 Å². The van der Waals surface area contributed by atoms with Gasteiger partial charge in [-0.1, -0.05) is 84.9 Å². The molecule has 0 bridgehead atoms. The van der Waals surface area contributed by atoms with Crippen LogP contribution in [0, 0.1) is 5.92 Å². The number of thiophene rings is 2. The van der Waals surface area contributed by atoms with Crippen LogP contribution in [0.25, 0.3) is 21.3 Å². The Morgan fingerprint density at radius 3 is 2.34 bits per heavy atom. The van der Waals surface area contributed by atoms with Crippen LogP contribution in [-0.2, 0) is 34.8 Å². The lowest BCUT2D eigenvalue weighted by molar-refractivity contribution is -0.164. The molecular formula is C49H48N4O7S2. The lowest BCUT2D eigenvalue weighted by atomic mass is 9.85. The number of likely N-dealkylation sites (tertiary alicyclic amines) is 1. The Bertz CT molecular complexity index is 2690. The molecule has 0 unspecified atom stereocenters. The summed E-state index contributed by atoms with van der Waals surface area (Å²) in [5, 5.41) is 40.2. The quantitative estimate of drug-likeness (QED) is 0.0541. The minimum absolute atomic E-state index is 0.0685. The summed E-state index contributed by atoms with van der Waals surface area (Å²) in [5.74, 6) is -0.759.